The Balaban J connectivity index is 1.65. The van der Waals surface area contributed by atoms with Crippen LogP contribution in [0.1, 0.15) is 49.2 Å². The Morgan fingerprint density at radius 3 is 2.63 bits per heavy atom. The van der Waals surface area contributed by atoms with E-state index in [-0.39, 0.29) is 17.9 Å². The molecule has 3 heterocycles. The Labute approximate surface area is 160 Å². The van der Waals surface area contributed by atoms with Gasteiger partial charge in [-0.15, -0.1) is 0 Å². The first-order valence-corrected chi connectivity index (χ1v) is 9.67. The predicted molar refractivity (Wildman–Crippen MR) is 104 cm³/mol. The smallest absolute Gasteiger partial charge is 0.257 e. The van der Waals surface area contributed by atoms with Crippen molar-refractivity contribution in [3.05, 3.63) is 42.0 Å². The third kappa shape index (κ3) is 4.69. The molecule has 2 aromatic rings. The molecule has 1 atom stereocenters. The molecule has 1 aliphatic rings. The summed E-state index contributed by atoms with van der Waals surface area (Å²) >= 11 is 0. The van der Waals surface area contributed by atoms with Gasteiger partial charge in [0.2, 0.25) is 0 Å². The van der Waals surface area contributed by atoms with Crippen LogP contribution in [0.3, 0.4) is 0 Å². The van der Waals surface area contributed by atoms with Crippen molar-refractivity contribution in [2.45, 2.75) is 46.1 Å². The van der Waals surface area contributed by atoms with Crippen LogP contribution in [0, 0.1) is 18.8 Å². The minimum atomic E-state index is -0.272. The van der Waals surface area contributed by atoms with Crippen LogP contribution in [0.15, 0.2) is 30.7 Å². The topological polar surface area (TPSA) is 79.2 Å². The fourth-order valence-electron chi connectivity index (χ4n) is 3.64. The van der Waals surface area contributed by atoms with Crippen LogP contribution in [0.4, 0.5) is 0 Å². The zero-order valence-corrected chi connectivity index (χ0v) is 16.3. The summed E-state index contributed by atoms with van der Waals surface area (Å²) < 4.78 is 0. The molecule has 0 aromatic carbocycles. The van der Waals surface area contributed by atoms with Gasteiger partial charge in [-0.2, -0.15) is 0 Å². The molecule has 6 nitrogen and oxygen atoms in total. The van der Waals surface area contributed by atoms with Crippen LogP contribution in [0.25, 0.3) is 11.4 Å². The van der Waals surface area contributed by atoms with E-state index in [0.29, 0.717) is 36.1 Å². The number of hydrogen-bond acceptors (Lipinski definition) is 5. The molecular weight excluding hydrogens is 340 g/mol. The van der Waals surface area contributed by atoms with Crippen LogP contribution in [-0.4, -0.2) is 50.1 Å². The number of aryl methyl sites for hydroxylation is 1. The molecule has 1 N–H and O–H groups in total. The summed E-state index contributed by atoms with van der Waals surface area (Å²) in [7, 11) is 0. The van der Waals surface area contributed by atoms with E-state index in [1.54, 1.807) is 18.6 Å². The average Bonchev–Trinajstić information content (AvgIpc) is 2.67. The molecule has 1 saturated heterocycles. The van der Waals surface area contributed by atoms with Gasteiger partial charge in [0, 0.05) is 37.2 Å². The molecule has 1 fully saturated rings. The van der Waals surface area contributed by atoms with Crippen molar-refractivity contribution in [3.8, 4) is 11.4 Å². The summed E-state index contributed by atoms with van der Waals surface area (Å²) in [6.45, 7) is 7.43. The van der Waals surface area contributed by atoms with Crippen molar-refractivity contribution in [2.24, 2.45) is 11.8 Å². The number of hydrogen-bond donors (Lipinski definition) is 1. The van der Waals surface area contributed by atoms with Gasteiger partial charge in [-0.1, -0.05) is 13.8 Å². The van der Waals surface area contributed by atoms with Crippen molar-refractivity contribution in [2.75, 3.05) is 13.1 Å². The second-order valence-electron chi connectivity index (χ2n) is 7.76. The molecule has 0 aliphatic carbocycles. The number of piperidine rings is 1. The second-order valence-corrected chi connectivity index (χ2v) is 7.76. The summed E-state index contributed by atoms with van der Waals surface area (Å²) in [5, 5.41) is 10.3. The third-order valence-electron chi connectivity index (χ3n) is 5.21. The van der Waals surface area contributed by atoms with E-state index in [1.807, 2.05) is 24.0 Å². The van der Waals surface area contributed by atoms with Gasteiger partial charge in [-0.05, 0) is 50.2 Å². The van der Waals surface area contributed by atoms with Crippen molar-refractivity contribution in [1.82, 2.24) is 19.9 Å². The highest BCUT2D eigenvalue weighted by Crippen LogP contribution is 2.26. The number of rotatable bonds is 5. The Morgan fingerprint density at radius 2 is 2.04 bits per heavy atom. The predicted octanol–water partition coefficient (Wildman–Crippen LogP) is 3.11. The molecule has 0 radical (unpaired) electrons. The Kier molecular flexibility index (Phi) is 6.16. The number of carbonyl (C=O) groups is 1. The molecule has 3 rings (SSSR count). The Bertz CT molecular complexity index is 771. The van der Waals surface area contributed by atoms with Gasteiger partial charge in [0.05, 0.1) is 17.4 Å². The summed E-state index contributed by atoms with van der Waals surface area (Å²) in [5.41, 5.74) is 2.05. The Hall–Kier alpha value is -2.34. The molecule has 1 aliphatic heterocycles. The summed E-state index contributed by atoms with van der Waals surface area (Å²) in [5.74, 6) is 1.31. The average molecular weight is 368 g/mol. The van der Waals surface area contributed by atoms with Crippen LogP contribution in [-0.2, 0) is 0 Å². The number of aromatic nitrogens is 3. The van der Waals surface area contributed by atoms with E-state index in [0.717, 1.165) is 24.8 Å². The van der Waals surface area contributed by atoms with E-state index in [4.69, 9.17) is 0 Å². The summed E-state index contributed by atoms with van der Waals surface area (Å²) in [6.07, 6.45) is 7.26. The lowest BCUT2D eigenvalue weighted by molar-refractivity contribution is 0.0384. The van der Waals surface area contributed by atoms with E-state index in [1.165, 1.54) is 0 Å². The second kappa shape index (κ2) is 8.57. The number of likely N-dealkylation sites (tertiary alicyclic amines) is 1. The molecule has 144 valence electrons. The van der Waals surface area contributed by atoms with Gasteiger partial charge >= 0.3 is 0 Å². The van der Waals surface area contributed by atoms with Crippen LogP contribution < -0.4 is 0 Å². The first kappa shape index (κ1) is 19.4. The molecule has 6 heteroatoms. The molecule has 2 aromatic heterocycles. The lowest BCUT2D eigenvalue weighted by Crippen LogP contribution is -2.41. The third-order valence-corrected chi connectivity index (χ3v) is 5.21. The SMILES string of the molecule is Cc1nc(-c2cccnc2)ncc1C(=O)N1CCC(C(O)CC(C)C)CC1. The zero-order valence-electron chi connectivity index (χ0n) is 16.3. The Morgan fingerprint density at radius 1 is 1.30 bits per heavy atom. The summed E-state index contributed by atoms with van der Waals surface area (Å²) in [4.78, 5) is 27.7. The number of amides is 1. The van der Waals surface area contributed by atoms with E-state index in [2.05, 4.69) is 28.8 Å². The molecular formula is C21H28N4O2. The maximum absolute atomic E-state index is 12.9. The van der Waals surface area contributed by atoms with Gasteiger partial charge in [0.15, 0.2) is 5.82 Å². The number of aliphatic hydroxyl groups is 1. The van der Waals surface area contributed by atoms with E-state index in [9.17, 15) is 9.90 Å². The number of aliphatic hydroxyl groups excluding tert-OH is 1. The molecule has 1 unspecified atom stereocenters. The minimum Gasteiger partial charge on any atom is -0.393 e. The van der Waals surface area contributed by atoms with E-state index < -0.39 is 0 Å². The maximum atomic E-state index is 12.9. The lowest BCUT2D eigenvalue weighted by Gasteiger charge is -2.34. The maximum Gasteiger partial charge on any atom is 0.257 e. The van der Waals surface area contributed by atoms with E-state index >= 15 is 0 Å². The highest BCUT2D eigenvalue weighted by Gasteiger charge is 2.29. The van der Waals surface area contributed by atoms with Crippen molar-refractivity contribution < 1.29 is 9.90 Å². The highest BCUT2D eigenvalue weighted by atomic mass is 16.3. The van der Waals surface area contributed by atoms with Crippen LogP contribution >= 0.6 is 0 Å². The highest BCUT2D eigenvalue weighted by molar-refractivity contribution is 5.95. The number of nitrogens with zero attached hydrogens (tertiary/aromatic N) is 4. The largest absolute Gasteiger partial charge is 0.393 e. The first-order valence-electron chi connectivity index (χ1n) is 9.67. The normalized spacial score (nSPS) is 16.6. The van der Waals surface area contributed by atoms with Crippen molar-refractivity contribution in [3.63, 3.8) is 0 Å². The van der Waals surface area contributed by atoms with Crippen molar-refractivity contribution >= 4 is 5.91 Å². The van der Waals surface area contributed by atoms with Gasteiger partial charge in [-0.3, -0.25) is 9.78 Å². The van der Waals surface area contributed by atoms with Crippen LogP contribution in [0.2, 0.25) is 0 Å². The molecule has 0 bridgehead atoms. The number of pyridine rings is 1. The first-order chi connectivity index (χ1) is 13.0. The van der Waals surface area contributed by atoms with Gasteiger partial charge in [-0.25, -0.2) is 9.97 Å². The number of carbonyl (C=O) groups excluding carboxylic acids is 1. The summed E-state index contributed by atoms with van der Waals surface area (Å²) in [6, 6.07) is 3.74. The fourth-order valence-corrected chi connectivity index (χ4v) is 3.64. The fraction of sp³-hybridized carbons (Fsp3) is 0.524. The lowest BCUT2D eigenvalue weighted by atomic mass is 9.87. The molecule has 0 saturated carbocycles. The van der Waals surface area contributed by atoms with Gasteiger partial charge in [0.25, 0.3) is 5.91 Å². The van der Waals surface area contributed by atoms with Gasteiger partial charge in [0.1, 0.15) is 0 Å². The molecule has 1 amide bonds. The van der Waals surface area contributed by atoms with Crippen LogP contribution in [0.5, 0.6) is 0 Å². The standard InChI is InChI=1S/C21H28N4O2/c1-14(2)11-19(26)16-6-9-25(10-7-16)21(27)18-13-23-20(24-15(18)3)17-5-4-8-22-12-17/h4-5,8,12-14,16,19,26H,6-7,9-11H2,1-3H3. The quantitative estimate of drug-likeness (QED) is 0.877. The molecule has 0 spiro atoms. The van der Waals surface area contributed by atoms with Crippen molar-refractivity contribution in [1.29, 1.82) is 0 Å². The minimum absolute atomic E-state index is 0.0259. The monoisotopic (exact) mass is 368 g/mol. The molecule has 27 heavy (non-hydrogen) atoms. The van der Waals surface area contributed by atoms with Gasteiger partial charge < -0.3 is 10.0 Å². The zero-order chi connectivity index (χ0) is 19.4.